The van der Waals surface area contributed by atoms with Gasteiger partial charge in [0.05, 0.1) is 13.7 Å². The third kappa shape index (κ3) is 11.2. The van der Waals surface area contributed by atoms with Crippen molar-refractivity contribution in [2.24, 2.45) is 5.92 Å². The number of hydrogen-bond acceptors (Lipinski definition) is 5. The van der Waals surface area contributed by atoms with Crippen LogP contribution in [0.3, 0.4) is 0 Å². The number of rotatable bonds is 13. The smallest absolute Gasteiger partial charge is 0.306 e. The molecule has 0 saturated heterocycles. The van der Waals surface area contributed by atoms with E-state index >= 15 is 0 Å². The Hall–Kier alpha value is -2.24. The maximum absolute atomic E-state index is 11.8. The summed E-state index contributed by atoms with van der Waals surface area (Å²) in [6.45, 7) is 6.51. The maximum Gasteiger partial charge on any atom is 0.306 e. The number of amides is 1. The zero-order chi connectivity index (χ0) is 20.1. The third-order valence-corrected chi connectivity index (χ3v) is 4.04. The average Bonchev–Trinajstić information content (AvgIpc) is 2.63. The largest absolute Gasteiger partial charge is 0.497 e. The Balaban J connectivity index is 2.09. The van der Waals surface area contributed by atoms with E-state index in [9.17, 15) is 9.59 Å². The molecule has 1 amide bonds. The average molecular weight is 379 g/mol. The highest BCUT2D eigenvalue weighted by atomic mass is 16.5. The molecular weight excluding hydrogens is 346 g/mol. The number of nitrogens with one attached hydrogen (secondary N) is 1. The van der Waals surface area contributed by atoms with Crippen LogP contribution < -0.4 is 14.8 Å². The zero-order valence-corrected chi connectivity index (χ0v) is 17.0. The lowest BCUT2D eigenvalue weighted by Gasteiger charge is -2.14. The van der Waals surface area contributed by atoms with E-state index in [2.05, 4.69) is 19.2 Å². The SMILES string of the molecule is COc1ccc(OCCCC(=O)OCC(=O)NC(C)CCCC(C)C)cc1. The summed E-state index contributed by atoms with van der Waals surface area (Å²) in [5.74, 6) is 1.50. The molecule has 6 nitrogen and oxygen atoms in total. The van der Waals surface area contributed by atoms with Gasteiger partial charge in [-0.05, 0) is 49.9 Å². The van der Waals surface area contributed by atoms with Crippen LogP contribution in [0, 0.1) is 5.92 Å². The first kappa shape index (κ1) is 22.8. The number of carbonyl (C=O) groups excluding carboxylic acids is 2. The van der Waals surface area contributed by atoms with Crippen molar-refractivity contribution in [2.75, 3.05) is 20.3 Å². The van der Waals surface area contributed by atoms with Gasteiger partial charge in [-0.1, -0.05) is 26.7 Å². The lowest BCUT2D eigenvalue weighted by molar-refractivity contribution is -0.148. The van der Waals surface area contributed by atoms with Crippen LogP contribution in [0.4, 0.5) is 0 Å². The minimum Gasteiger partial charge on any atom is -0.497 e. The first-order valence-corrected chi connectivity index (χ1v) is 9.62. The second-order valence-corrected chi connectivity index (χ2v) is 7.08. The van der Waals surface area contributed by atoms with Crippen molar-refractivity contribution < 1.29 is 23.8 Å². The highest BCUT2D eigenvalue weighted by Crippen LogP contribution is 2.17. The van der Waals surface area contributed by atoms with Crippen LogP contribution in [0.25, 0.3) is 0 Å². The maximum atomic E-state index is 11.8. The van der Waals surface area contributed by atoms with E-state index in [1.54, 1.807) is 7.11 Å². The van der Waals surface area contributed by atoms with Crippen molar-refractivity contribution in [2.45, 2.75) is 58.9 Å². The molecule has 1 rings (SSSR count). The van der Waals surface area contributed by atoms with Crippen molar-refractivity contribution in [3.8, 4) is 11.5 Å². The summed E-state index contributed by atoms with van der Waals surface area (Å²) in [6.07, 6.45) is 3.90. The molecule has 0 spiro atoms. The monoisotopic (exact) mass is 379 g/mol. The van der Waals surface area contributed by atoms with Crippen LogP contribution in [0.5, 0.6) is 11.5 Å². The molecule has 1 aromatic carbocycles. The van der Waals surface area contributed by atoms with Crippen molar-refractivity contribution >= 4 is 11.9 Å². The van der Waals surface area contributed by atoms with Gasteiger partial charge in [0.25, 0.3) is 5.91 Å². The molecule has 6 heteroatoms. The van der Waals surface area contributed by atoms with Crippen molar-refractivity contribution in [1.29, 1.82) is 0 Å². The van der Waals surface area contributed by atoms with Crippen LogP contribution in [0.1, 0.15) is 52.9 Å². The fourth-order valence-corrected chi connectivity index (χ4v) is 2.52. The molecular formula is C21H33NO5. The minimum atomic E-state index is -0.393. The number of hydrogen-bond donors (Lipinski definition) is 1. The lowest BCUT2D eigenvalue weighted by atomic mass is 10.0. The number of carbonyl (C=O) groups is 2. The van der Waals surface area contributed by atoms with Crippen molar-refractivity contribution in [3.63, 3.8) is 0 Å². The van der Waals surface area contributed by atoms with E-state index in [0.717, 1.165) is 30.8 Å². The Labute approximate surface area is 162 Å². The van der Waals surface area contributed by atoms with E-state index < -0.39 is 5.97 Å². The Morgan fingerprint density at radius 1 is 1.00 bits per heavy atom. The molecule has 1 unspecified atom stereocenters. The predicted molar refractivity (Wildman–Crippen MR) is 105 cm³/mol. The molecule has 1 N–H and O–H groups in total. The van der Waals surface area contributed by atoms with Crippen LogP contribution >= 0.6 is 0 Å². The van der Waals surface area contributed by atoms with Gasteiger partial charge >= 0.3 is 5.97 Å². The summed E-state index contributed by atoms with van der Waals surface area (Å²) in [7, 11) is 1.61. The Bertz CT molecular complexity index is 556. The number of benzene rings is 1. The van der Waals surface area contributed by atoms with Gasteiger partial charge in [-0.2, -0.15) is 0 Å². The topological polar surface area (TPSA) is 73.9 Å². The van der Waals surface area contributed by atoms with Gasteiger partial charge in [0, 0.05) is 12.5 Å². The summed E-state index contributed by atoms with van der Waals surface area (Å²) >= 11 is 0. The number of methoxy groups -OCH3 is 1. The first-order chi connectivity index (χ1) is 12.9. The molecule has 0 fully saturated rings. The second kappa shape index (κ2) is 13.0. The van der Waals surface area contributed by atoms with E-state index in [-0.39, 0.29) is 25.0 Å². The summed E-state index contributed by atoms with van der Waals surface area (Å²) in [5, 5.41) is 2.86. The van der Waals surface area contributed by atoms with E-state index in [1.807, 2.05) is 31.2 Å². The molecule has 1 aromatic rings. The predicted octanol–water partition coefficient (Wildman–Crippen LogP) is 3.73. The summed E-state index contributed by atoms with van der Waals surface area (Å²) in [6, 6.07) is 7.33. The quantitative estimate of drug-likeness (QED) is 0.418. The van der Waals surface area contributed by atoms with E-state index in [0.29, 0.717) is 18.9 Å². The minimum absolute atomic E-state index is 0.0906. The van der Waals surface area contributed by atoms with Gasteiger partial charge in [-0.25, -0.2) is 0 Å². The van der Waals surface area contributed by atoms with Crippen LogP contribution in [0.15, 0.2) is 24.3 Å². The normalized spacial score (nSPS) is 11.7. The number of esters is 1. The fourth-order valence-electron chi connectivity index (χ4n) is 2.52. The van der Waals surface area contributed by atoms with Gasteiger partial charge in [-0.3, -0.25) is 9.59 Å². The van der Waals surface area contributed by atoms with Crippen LogP contribution in [0.2, 0.25) is 0 Å². The van der Waals surface area contributed by atoms with Gasteiger partial charge in [0.1, 0.15) is 11.5 Å². The standard InChI is InChI=1S/C21H33NO5/c1-16(2)7-5-8-17(3)22-20(23)15-27-21(24)9-6-14-26-19-12-10-18(25-4)11-13-19/h10-13,16-17H,5-9,14-15H2,1-4H3,(H,22,23). The molecule has 0 saturated carbocycles. The number of ether oxygens (including phenoxy) is 3. The van der Waals surface area contributed by atoms with Gasteiger partial charge in [0.15, 0.2) is 6.61 Å². The summed E-state index contributed by atoms with van der Waals surface area (Å²) < 4.78 is 15.6. The molecule has 0 aliphatic rings. The molecule has 0 bridgehead atoms. The van der Waals surface area contributed by atoms with Gasteiger partial charge in [-0.15, -0.1) is 0 Å². The Morgan fingerprint density at radius 2 is 1.67 bits per heavy atom. The summed E-state index contributed by atoms with van der Waals surface area (Å²) in [5.41, 5.74) is 0. The highest BCUT2D eigenvalue weighted by molar-refractivity contribution is 5.80. The van der Waals surface area contributed by atoms with Crippen LogP contribution in [-0.4, -0.2) is 38.2 Å². The lowest BCUT2D eigenvalue weighted by Crippen LogP contribution is -2.35. The molecule has 1 atom stereocenters. The molecule has 0 aliphatic heterocycles. The Morgan fingerprint density at radius 3 is 2.30 bits per heavy atom. The molecule has 152 valence electrons. The first-order valence-electron chi connectivity index (χ1n) is 9.62. The molecule has 0 radical (unpaired) electrons. The van der Waals surface area contributed by atoms with Gasteiger partial charge < -0.3 is 19.5 Å². The molecule has 27 heavy (non-hydrogen) atoms. The zero-order valence-electron chi connectivity index (χ0n) is 17.0. The van der Waals surface area contributed by atoms with Gasteiger partial charge in [0.2, 0.25) is 0 Å². The Kier molecular flexibility index (Phi) is 11.0. The van der Waals surface area contributed by atoms with Crippen molar-refractivity contribution in [1.82, 2.24) is 5.32 Å². The highest BCUT2D eigenvalue weighted by Gasteiger charge is 2.11. The van der Waals surface area contributed by atoms with Crippen LogP contribution in [-0.2, 0) is 14.3 Å². The molecule has 0 heterocycles. The van der Waals surface area contributed by atoms with E-state index in [1.165, 1.54) is 0 Å². The third-order valence-electron chi connectivity index (χ3n) is 4.04. The fraction of sp³-hybridized carbons (Fsp3) is 0.619. The summed E-state index contributed by atoms with van der Waals surface area (Å²) in [4.78, 5) is 23.5. The van der Waals surface area contributed by atoms with Crippen molar-refractivity contribution in [3.05, 3.63) is 24.3 Å². The molecule has 0 aliphatic carbocycles. The second-order valence-electron chi connectivity index (χ2n) is 7.08. The molecule has 0 aromatic heterocycles. The van der Waals surface area contributed by atoms with E-state index in [4.69, 9.17) is 14.2 Å².